The van der Waals surface area contributed by atoms with Gasteiger partial charge in [-0.25, -0.2) is 13.4 Å². The Morgan fingerprint density at radius 1 is 0.978 bits per heavy atom. The molecule has 12 heteroatoms. The Labute approximate surface area is 260 Å². The minimum Gasteiger partial charge on any atom is -0.494 e. The van der Waals surface area contributed by atoms with Crippen molar-refractivity contribution >= 4 is 21.6 Å². The number of benzene rings is 2. The van der Waals surface area contributed by atoms with Gasteiger partial charge in [0.25, 0.3) is 5.56 Å². The van der Waals surface area contributed by atoms with Gasteiger partial charge in [-0.05, 0) is 79.1 Å². The van der Waals surface area contributed by atoms with E-state index in [1.807, 2.05) is 0 Å². The van der Waals surface area contributed by atoms with Crippen LogP contribution in [-0.4, -0.2) is 48.2 Å². The topological polar surface area (TPSA) is 150 Å². The van der Waals surface area contributed by atoms with Crippen molar-refractivity contribution in [1.82, 2.24) is 14.5 Å². The molecule has 2 aliphatic rings. The Balaban J connectivity index is 1.40. The molecule has 1 amide bonds. The first kappa shape index (κ1) is 30.3. The smallest absolute Gasteiger partial charge is 0.281 e. The van der Waals surface area contributed by atoms with Crippen molar-refractivity contribution in [3.05, 3.63) is 77.0 Å². The SMILES string of the molecule is COc1cccc(OC)c1-n1c(C2CCCC2)nc(O)c(S(=O)(=O)c2ccc(-c3ccnc(NC(=O)CC4CC4)c3)cc2)c1=O. The quantitative estimate of drug-likeness (QED) is 0.240. The molecule has 6 rings (SSSR count). The molecular formula is C33H34N4O7S. The summed E-state index contributed by atoms with van der Waals surface area (Å²) in [5.41, 5.74) is 0.652. The van der Waals surface area contributed by atoms with Crippen LogP contribution in [0.3, 0.4) is 0 Å². The van der Waals surface area contributed by atoms with Gasteiger partial charge in [0.1, 0.15) is 28.8 Å². The lowest BCUT2D eigenvalue weighted by Crippen LogP contribution is -2.30. The monoisotopic (exact) mass is 630 g/mol. The van der Waals surface area contributed by atoms with Gasteiger partial charge in [0, 0.05) is 18.5 Å². The molecule has 0 unspecified atom stereocenters. The van der Waals surface area contributed by atoms with Crippen molar-refractivity contribution in [3.8, 4) is 34.2 Å². The number of nitrogens with one attached hydrogen (secondary N) is 1. The summed E-state index contributed by atoms with van der Waals surface area (Å²) in [4.78, 5) is 34.0. The molecule has 2 fully saturated rings. The van der Waals surface area contributed by atoms with Crippen LogP contribution in [0, 0.1) is 5.92 Å². The molecule has 2 aromatic heterocycles. The van der Waals surface area contributed by atoms with Crippen molar-refractivity contribution < 1.29 is 27.8 Å². The van der Waals surface area contributed by atoms with E-state index in [1.165, 1.54) is 30.9 Å². The number of sulfone groups is 1. The summed E-state index contributed by atoms with van der Waals surface area (Å²) >= 11 is 0. The number of carbonyl (C=O) groups excluding carboxylic acids is 1. The Bertz CT molecular complexity index is 1890. The molecule has 0 spiro atoms. The van der Waals surface area contributed by atoms with E-state index in [2.05, 4.69) is 15.3 Å². The number of rotatable bonds is 10. The molecule has 11 nitrogen and oxygen atoms in total. The Hall–Kier alpha value is -4.71. The average Bonchev–Trinajstić information content (AvgIpc) is 3.67. The molecule has 4 aromatic rings. The summed E-state index contributed by atoms with van der Waals surface area (Å²) in [6, 6.07) is 14.4. The number of nitrogens with zero attached hydrogens (tertiary/aromatic N) is 3. The number of amides is 1. The number of para-hydroxylation sites is 1. The standard InChI is InChI=1S/C33H34N4O7S/c1-43-25-8-5-9-26(44-2)29(25)37-31(22-6-3-4-7-22)36-32(39)30(33(37)40)45(41,42)24-14-12-21(13-15-24)23-16-17-34-27(19-23)35-28(38)18-20-10-11-20/h5,8-9,12-17,19-20,22,39H,3-4,6-7,10-11,18H2,1-2H3,(H,34,35,38). The fourth-order valence-corrected chi connectivity index (χ4v) is 7.21. The Morgan fingerprint density at radius 3 is 2.27 bits per heavy atom. The van der Waals surface area contributed by atoms with E-state index in [1.54, 1.807) is 48.7 Å². The second-order valence-electron chi connectivity index (χ2n) is 11.4. The number of pyridine rings is 1. The molecule has 234 valence electrons. The molecule has 0 aliphatic heterocycles. The summed E-state index contributed by atoms with van der Waals surface area (Å²) < 4.78 is 40.3. The van der Waals surface area contributed by atoms with E-state index in [0.717, 1.165) is 38.5 Å². The molecule has 45 heavy (non-hydrogen) atoms. The molecular weight excluding hydrogens is 596 g/mol. The van der Waals surface area contributed by atoms with Crippen molar-refractivity contribution in [1.29, 1.82) is 0 Å². The highest BCUT2D eigenvalue weighted by atomic mass is 32.2. The molecule has 0 bridgehead atoms. The number of aromatic nitrogens is 3. The molecule has 2 N–H and O–H groups in total. The molecule has 2 aliphatic carbocycles. The van der Waals surface area contributed by atoms with Crippen LogP contribution >= 0.6 is 0 Å². The average molecular weight is 631 g/mol. The zero-order chi connectivity index (χ0) is 31.7. The predicted molar refractivity (Wildman–Crippen MR) is 167 cm³/mol. The number of carbonyl (C=O) groups is 1. The normalized spacial score (nSPS) is 15.2. The third-order valence-electron chi connectivity index (χ3n) is 8.36. The first-order chi connectivity index (χ1) is 21.7. The maximum Gasteiger partial charge on any atom is 0.281 e. The van der Waals surface area contributed by atoms with Crippen LogP contribution in [-0.2, 0) is 14.6 Å². The minimum absolute atomic E-state index is 0.0904. The van der Waals surface area contributed by atoms with Crippen LogP contribution in [0.1, 0.15) is 56.7 Å². The molecule has 2 aromatic carbocycles. The number of ether oxygens (including phenoxy) is 2. The van der Waals surface area contributed by atoms with Crippen LogP contribution in [0.25, 0.3) is 16.8 Å². The van der Waals surface area contributed by atoms with Crippen LogP contribution in [0.2, 0.25) is 0 Å². The fourth-order valence-electron chi connectivity index (χ4n) is 5.87. The van der Waals surface area contributed by atoms with Crippen LogP contribution in [0.4, 0.5) is 5.82 Å². The van der Waals surface area contributed by atoms with Gasteiger partial charge < -0.3 is 19.9 Å². The van der Waals surface area contributed by atoms with Gasteiger partial charge in [0.15, 0.2) is 4.90 Å². The molecule has 0 radical (unpaired) electrons. The lowest BCUT2D eigenvalue weighted by molar-refractivity contribution is -0.116. The molecule has 2 heterocycles. The van der Waals surface area contributed by atoms with Gasteiger partial charge in [-0.15, -0.1) is 0 Å². The number of methoxy groups -OCH3 is 2. The van der Waals surface area contributed by atoms with Crippen molar-refractivity contribution in [2.45, 2.75) is 60.7 Å². The lowest BCUT2D eigenvalue weighted by Gasteiger charge is -2.22. The van der Waals surface area contributed by atoms with Crippen molar-refractivity contribution in [2.75, 3.05) is 19.5 Å². The summed E-state index contributed by atoms with van der Waals surface area (Å²) in [6.07, 6.45) is 7.47. The Morgan fingerprint density at radius 2 is 1.64 bits per heavy atom. The highest BCUT2D eigenvalue weighted by Crippen LogP contribution is 2.40. The zero-order valence-electron chi connectivity index (χ0n) is 25.0. The lowest BCUT2D eigenvalue weighted by atomic mass is 10.1. The fraction of sp³-hybridized carbons (Fsp3) is 0.333. The summed E-state index contributed by atoms with van der Waals surface area (Å²) in [5, 5.41) is 13.9. The van der Waals surface area contributed by atoms with Crippen LogP contribution in [0.5, 0.6) is 17.4 Å². The van der Waals surface area contributed by atoms with Gasteiger partial charge in [-0.1, -0.05) is 31.0 Å². The van der Waals surface area contributed by atoms with E-state index in [9.17, 15) is 23.1 Å². The van der Waals surface area contributed by atoms with Crippen LogP contribution < -0.4 is 20.3 Å². The number of hydrogen-bond acceptors (Lipinski definition) is 9. The van der Waals surface area contributed by atoms with Gasteiger partial charge in [0.2, 0.25) is 21.6 Å². The third kappa shape index (κ3) is 6.02. The number of aromatic hydroxyl groups is 1. The van der Waals surface area contributed by atoms with Crippen molar-refractivity contribution in [2.24, 2.45) is 5.92 Å². The molecule has 0 atom stereocenters. The maximum atomic E-state index is 14.2. The highest BCUT2D eigenvalue weighted by molar-refractivity contribution is 7.91. The number of hydrogen-bond donors (Lipinski definition) is 2. The second kappa shape index (κ2) is 12.4. The van der Waals surface area contributed by atoms with E-state index < -0.39 is 26.2 Å². The highest BCUT2D eigenvalue weighted by Gasteiger charge is 2.34. The molecule has 2 saturated carbocycles. The van der Waals surface area contributed by atoms with Crippen molar-refractivity contribution in [3.63, 3.8) is 0 Å². The van der Waals surface area contributed by atoms with E-state index >= 15 is 0 Å². The molecule has 0 saturated heterocycles. The maximum absolute atomic E-state index is 14.2. The largest absolute Gasteiger partial charge is 0.494 e. The Kier molecular flexibility index (Phi) is 8.32. The van der Waals surface area contributed by atoms with E-state index in [4.69, 9.17) is 9.47 Å². The minimum atomic E-state index is -4.54. The van der Waals surface area contributed by atoms with Gasteiger partial charge in [0.05, 0.1) is 19.1 Å². The van der Waals surface area contributed by atoms with Gasteiger partial charge in [-0.3, -0.25) is 14.2 Å². The first-order valence-corrected chi connectivity index (χ1v) is 16.4. The predicted octanol–water partition coefficient (Wildman–Crippen LogP) is 5.25. The van der Waals surface area contributed by atoms with E-state index in [-0.39, 0.29) is 39.7 Å². The summed E-state index contributed by atoms with van der Waals surface area (Å²) in [7, 11) is -1.65. The van der Waals surface area contributed by atoms with Crippen LogP contribution in [0.15, 0.2) is 75.4 Å². The summed E-state index contributed by atoms with van der Waals surface area (Å²) in [5.74, 6) is 0.567. The first-order valence-electron chi connectivity index (χ1n) is 14.9. The third-order valence-corrected chi connectivity index (χ3v) is 10.1. The summed E-state index contributed by atoms with van der Waals surface area (Å²) in [6.45, 7) is 0. The number of anilines is 1. The van der Waals surface area contributed by atoms with Gasteiger partial charge >= 0.3 is 0 Å². The zero-order valence-corrected chi connectivity index (χ0v) is 25.8. The van der Waals surface area contributed by atoms with E-state index in [0.29, 0.717) is 29.3 Å². The second-order valence-corrected chi connectivity index (χ2v) is 13.3. The van der Waals surface area contributed by atoms with Gasteiger partial charge in [-0.2, -0.15) is 4.98 Å².